The van der Waals surface area contributed by atoms with Crippen LogP contribution in [-0.4, -0.2) is 19.9 Å². The van der Waals surface area contributed by atoms with Crippen molar-refractivity contribution in [2.45, 2.75) is 14.8 Å². The van der Waals surface area contributed by atoms with Gasteiger partial charge in [-0.25, -0.2) is 0 Å². The van der Waals surface area contributed by atoms with Crippen LogP contribution < -0.4 is 0 Å². The number of aliphatic hydroxyl groups is 1. The molecule has 15 heavy (non-hydrogen) atoms. The number of halogens is 7. The van der Waals surface area contributed by atoms with Crippen molar-refractivity contribution in [3.05, 3.63) is 21.2 Å². The van der Waals surface area contributed by atoms with E-state index in [0.29, 0.717) is 0 Å². The third-order valence-corrected chi connectivity index (χ3v) is 5.21. The first kappa shape index (κ1) is 14.5. The van der Waals surface area contributed by atoms with E-state index in [1.165, 1.54) is 0 Å². The zero-order valence-electron chi connectivity index (χ0n) is 6.75. The lowest BCUT2D eigenvalue weighted by Gasteiger charge is -2.36. The van der Waals surface area contributed by atoms with Crippen molar-refractivity contribution in [2.24, 2.45) is 0 Å². The molecule has 0 heterocycles. The van der Waals surface area contributed by atoms with Gasteiger partial charge in [0.1, 0.15) is 6.10 Å². The molecule has 0 amide bonds. The molecule has 0 saturated carbocycles. The molecule has 0 bridgehead atoms. The Bertz CT molecular complexity index is 342. The Morgan fingerprint density at radius 1 is 1.20 bits per heavy atom. The quantitative estimate of drug-likeness (QED) is 0.636. The number of hydrogen-bond donors (Lipinski definition) is 1. The van der Waals surface area contributed by atoms with Gasteiger partial charge in [0.25, 0.3) is 0 Å². The first-order valence-corrected chi connectivity index (χ1v) is 6.14. The van der Waals surface area contributed by atoms with Crippen molar-refractivity contribution in [2.75, 3.05) is 0 Å². The van der Waals surface area contributed by atoms with Gasteiger partial charge in [-0.05, 0) is 6.08 Å². The normalized spacial score (nSPS) is 33.1. The van der Waals surface area contributed by atoms with Crippen molar-refractivity contribution >= 4 is 81.2 Å². The van der Waals surface area contributed by atoms with Gasteiger partial charge in [0.05, 0.1) is 10.1 Å². The van der Waals surface area contributed by atoms with E-state index in [9.17, 15) is 5.11 Å². The van der Waals surface area contributed by atoms with Crippen molar-refractivity contribution in [3.63, 3.8) is 0 Å². The minimum Gasteiger partial charge on any atom is -0.383 e. The molecular formula is C7H3Cl7O. The van der Waals surface area contributed by atoms with Crippen molar-refractivity contribution < 1.29 is 5.11 Å². The van der Waals surface area contributed by atoms with Crippen LogP contribution in [0.4, 0.5) is 0 Å². The molecule has 2 unspecified atom stereocenters. The number of aliphatic hydroxyl groups excluding tert-OH is 1. The van der Waals surface area contributed by atoms with Crippen molar-refractivity contribution in [1.82, 2.24) is 0 Å². The number of hydrogen-bond acceptors (Lipinski definition) is 1. The van der Waals surface area contributed by atoms with E-state index in [0.717, 1.165) is 6.08 Å². The smallest absolute Gasteiger partial charge is 0.219 e. The van der Waals surface area contributed by atoms with Crippen LogP contribution in [0.5, 0.6) is 0 Å². The van der Waals surface area contributed by atoms with Crippen LogP contribution in [0.15, 0.2) is 21.2 Å². The maximum absolute atomic E-state index is 9.39. The second-order valence-electron chi connectivity index (χ2n) is 2.78. The van der Waals surface area contributed by atoms with E-state index < -0.39 is 14.8 Å². The minimum atomic E-state index is -1.99. The summed E-state index contributed by atoms with van der Waals surface area (Å²) in [7, 11) is 0. The van der Waals surface area contributed by atoms with Gasteiger partial charge in [0.2, 0.25) is 3.79 Å². The molecule has 1 N–H and O–H groups in total. The minimum absolute atomic E-state index is 0.0916. The Labute approximate surface area is 121 Å². The molecule has 0 radical (unpaired) electrons. The molecule has 0 aromatic carbocycles. The average molecular weight is 351 g/mol. The van der Waals surface area contributed by atoms with Crippen LogP contribution in [0.2, 0.25) is 0 Å². The number of alkyl halides is 4. The van der Waals surface area contributed by atoms with Gasteiger partial charge >= 0.3 is 0 Å². The molecule has 0 spiro atoms. The highest BCUT2D eigenvalue weighted by Crippen LogP contribution is 2.57. The Kier molecular flexibility index (Phi) is 4.48. The van der Waals surface area contributed by atoms with Crippen molar-refractivity contribution in [3.8, 4) is 0 Å². The first-order chi connectivity index (χ1) is 6.62. The number of allylic oxidation sites excluding steroid dienone is 2. The lowest BCUT2D eigenvalue weighted by molar-refractivity contribution is 0.262. The van der Waals surface area contributed by atoms with Crippen LogP contribution in [0.3, 0.4) is 0 Å². The Balaban J connectivity index is 3.37. The van der Waals surface area contributed by atoms with E-state index in [2.05, 4.69) is 0 Å². The Hall–Kier alpha value is 1.47. The van der Waals surface area contributed by atoms with E-state index in [-0.39, 0.29) is 15.1 Å². The summed E-state index contributed by atoms with van der Waals surface area (Å²) >= 11 is 40.4. The summed E-state index contributed by atoms with van der Waals surface area (Å²) in [5, 5.41) is 8.98. The highest BCUT2D eigenvalue weighted by Gasteiger charge is 2.55. The van der Waals surface area contributed by atoms with Gasteiger partial charge in [-0.15, -0.1) is 11.6 Å². The second kappa shape index (κ2) is 4.62. The molecule has 2 atom stereocenters. The van der Waals surface area contributed by atoms with Gasteiger partial charge in [-0.2, -0.15) is 0 Å². The fourth-order valence-electron chi connectivity index (χ4n) is 0.986. The van der Waals surface area contributed by atoms with Crippen LogP contribution in [0.1, 0.15) is 0 Å². The molecule has 86 valence electrons. The van der Waals surface area contributed by atoms with Gasteiger partial charge in [0.15, 0.2) is 4.87 Å². The maximum Gasteiger partial charge on any atom is 0.219 e. The molecule has 0 aromatic rings. The number of rotatable bonds is 0. The molecule has 0 aliphatic heterocycles. The van der Waals surface area contributed by atoms with Gasteiger partial charge in [-0.1, -0.05) is 69.6 Å². The summed E-state index contributed by atoms with van der Waals surface area (Å²) in [5.74, 6) is 0. The van der Waals surface area contributed by atoms with E-state index in [1.807, 2.05) is 0 Å². The lowest BCUT2D eigenvalue weighted by Crippen LogP contribution is -2.41. The summed E-state index contributed by atoms with van der Waals surface area (Å²) in [6, 6.07) is 0. The second-order valence-corrected chi connectivity index (χ2v) is 6.82. The van der Waals surface area contributed by atoms with E-state index >= 15 is 0 Å². The molecular weight excluding hydrogens is 348 g/mol. The molecule has 1 nitrogen and oxygen atoms in total. The molecule has 1 rings (SSSR count). The molecule has 0 fully saturated rings. The topological polar surface area (TPSA) is 20.2 Å². The molecule has 0 saturated heterocycles. The highest BCUT2D eigenvalue weighted by molar-refractivity contribution is 6.73. The van der Waals surface area contributed by atoms with Crippen molar-refractivity contribution in [1.29, 1.82) is 0 Å². The lowest BCUT2D eigenvalue weighted by atomic mass is 10.0. The molecule has 8 heteroatoms. The van der Waals surface area contributed by atoms with Crippen LogP contribution in [0, 0.1) is 0 Å². The average Bonchev–Trinajstić information content (AvgIpc) is 2.09. The van der Waals surface area contributed by atoms with Crippen LogP contribution in [0.25, 0.3) is 0 Å². The zero-order chi connectivity index (χ0) is 12.0. The van der Waals surface area contributed by atoms with Crippen LogP contribution in [-0.2, 0) is 0 Å². The standard InChI is InChI=1S/C7H3Cl7O/c8-3-1-2(15)4(9)5(10)6(3,11)7(12,13)14/h1-2,15H. The predicted molar refractivity (Wildman–Crippen MR) is 67.5 cm³/mol. The Morgan fingerprint density at radius 3 is 2.07 bits per heavy atom. The van der Waals surface area contributed by atoms with E-state index in [1.54, 1.807) is 0 Å². The fraction of sp³-hybridized carbons (Fsp3) is 0.429. The molecule has 1 aliphatic rings. The van der Waals surface area contributed by atoms with E-state index in [4.69, 9.17) is 81.2 Å². The van der Waals surface area contributed by atoms with Gasteiger partial charge in [-0.3, -0.25) is 0 Å². The largest absolute Gasteiger partial charge is 0.383 e. The summed E-state index contributed by atoms with van der Waals surface area (Å²) in [4.78, 5) is -1.77. The Morgan fingerprint density at radius 2 is 1.67 bits per heavy atom. The summed E-state index contributed by atoms with van der Waals surface area (Å²) in [5.41, 5.74) is 0. The summed E-state index contributed by atoms with van der Waals surface area (Å²) < 4.78 is -1.99. The molecule has 0 aromatic heterocycles. The van der Waals surface area contributed by atoms with Crippen LogP contribution >= 0.6 is 81.2 Å². The monoisotopic (exact) mass is 348 g/mol. The summed E-state index contributed by atoms with van der Waals surface area (Å²) in [6.07, 6.45) is 0.0101. The highest BCUT2D eigenvalue weighted by atomic mass is 35.6. The van der Waals surface area contributed by atoms with Gasteiger partial charge in [0, 0.05) is 5.03 Å². The third-order valence-electron chi connectivity index (χ3n) is 1.80. The third kappa shape index (κ3) is 2.36. The summed E-state index contributed by atoms with van der Waals surface area (Å²) in [6.45, 7) is 0. The van der Waals surface area contributed by atoms with Gasteiger partial charge < -0.3 is 5.11 Å². The fourth-order valence-corrected chi connectivity index (χ4v) is 3.04. The maximum atomic E-state index is 9.39. The SMILES string of the molecule is OC1C=C(Cl)C(Cl)(C(Cl)(Cl)Cl)C(Cl)=C1Cl. The first-order valence-electron chi connectivity index (χ1n) is 3.49. The molecule has 1 aliphatic carbocycles. The zero-order valence-corrected chi connectivity index (χ0v) is 12.0. The predicted octanol–water partition coefficient (Wildman–Crippen LogP) is 4.52.